The molecule has 3 heterocycles. The lowest BCUT2D eigenvalue weighted by Gasteiger charge is -2.34. The first-order valence-electron chi connectivity index (χ1n) is 12.4. The molecule has 6 nitrogen and oxygen atoms in total. The summed E-state index contributed by atoms with van der Waals surface area (Å²) >= 11 is 0. The zero-order valence-electron chi connectivity index (χ0n) is 19.8. The first-order chi connectivity index (χ1) is 16.6. The number of benzene rings is 2. The van der Waals surface area contributed by atoms with Crippen molar-refractivity contribution in [2.75, 3.05) is 24.5 Å². The minimum absolute atomic E-state index is 0.00835. The molecule has 3 aromatic rings. The summed E-state index contributed by atoms with van der Waals surface area (Å²) in [7, 11) is 0. The smallest absolute Gasteiger partial charge is 0.360 e. The molecule has 0 bridgehead atoms. The van der Waals surface area contributed by atoms with Crippen LogP contribution >= 0.6 is 0 Å². The van der Waals surface area contributed by atoms with Gasteiger partial charge in [-0.05, 0) is 75.0 Å². The first-order valence-corrected chi connectivity index (χ1v) is 12.4. The number of fused-ring (bicyclic) bond motifs is 3. The highest BCUT2D eigenvalue weighted by Crippen LogP contribution is 2.33. The van der Waals surface area contributed by atoms with E-state index in [0.29, 0.717) is 30.2 Å². The van der Waals surface area contributed by atoms with Gasteiger partial charge in [0.1, 0.15) is 23.6 Å². The lowest BCUT2D eigenvalue weighted by Crippen LogP contribution is -2.50. The number of hydrogen-bond acceptors (Lipinski definition) is 5. The van der Waals surface area contributed by atoms with E-state index in [-0.39, 0.29) is 11.9 Å². The molecule has 0 unspecified atom stereocenters. The van der Waals surface area contributed by atoms with E-state index in [4.69, 9.17) is 9.15 Å². The van der Waals surface area contributed by atoms with Gasteiger partial charge in [-0.25, -0.2) is 4.79 Å². The molecule has 178 valence electrons. The van der Waals surface area contributed by atoms with Gasteiger partial charge in [-0.3, -0.25) is 9.69 Å². The maximum Gasteiger partial charge on any atom is 0.360 e. The molecule has 1 aromatic heterocycles. The predicted molar refractivity (Wildman–Crippen MR) is 133 cm³/mol. The summed E-state index contributed by atoms with van der Waals surface area (Å²) in [5.74, 6) is 0.708. The molecule has 1 fully saturated rings. The number of likely N-dealkylation sites (tertiary alicyclic amines) is 1. The van der Waals surface area contributed by atoms with Crippen LogP contribution in [-0.4, -0.2) is 36.5 Å². The van der Waals surface area contributed by atoms with Gasteiger partial charge in [-0.2, -0.15) is 0 Å². The van der Waals surface area contributed by atoms with Crippen molar-refractivity contribution >= 4 is 22.6 Å². The third kappa shape index (κ3) is 4.60. The number of nitrogens with zero attached hydrogens (tertiary/aromatic N) is 2. The Morgan fingerprint density at radius 1 is 1.00 bits per heavy atom. The van der Waals surface area contributed by atoms with Crippen LogP contribution in [0.5, 0.6) is 5.75 Å². The van der Waals surface area contributed by atoms with Crippen molar-refractivity contribution in [3.05, 3.63) is 70.1 Å². The van der Waals surface area contributed by atoms with Crippen LogP contribution in [0.1, 0.15) is 50.2 Å². The van der Waals surface area contributed by atoms with Gasteiger partial charge < -0.3 is 14.1 Å². The van der Waals surface area contributed by atoms with E-state index >= 15 is 0 Å². The van der Waals surface area contributed by atoms with Crippen molar-refractivity contribution in [3.63, 3.8) is 0 Å². The second-order valence-corrected chi connectivity index (χ2v) is 9.37. The third-order valence-electron chi connectivity index (χ3n) is 7.10. The fourth-order valence-electron chi connectivity index (χ4n) is 5.20. The Hall–Kier alpha value is -3.12. The molecule has 2 aliphatic heterocycles. The molecule has 2 aromatic carbocycles. The Labute approximate surface area is 200 Å². The van der Waals surface area contributed by atoms with Gasteiger partial charge in [-0.1, -0.05) is 43.2 Å². The van der Waals surface area contributed by atoms with E-state index in [1.165, 1.54) is 12.8 Å². The second kappa shape index (κ2) is 10.0. The fourth-order valence-corrected chi connectivity index (χ4v) is 5.20. The molecule has 6 heteroatoms. The number of rotatable bonds is 5. The Morgan fingerprint density at radius 2 is 1.76 bits per heavy atom. The van der Waals surface area contributed by atoms with Crippen LogP contribution in [-0.2, 0) is 17.8 Å². The SMILES string of the molecule is C[C@@H](C(=O)N1CCCc2c1c(=O)oc1ccc(OCc3ccccc3)cc21)N1CCCCCC1. The average Bonchev–Trinajstić information content (AvgIpc) is 3.17. The largest absolute Gasteiger partial charge is 0.489 e. The minimum atomic E-state index is -0.434. The van der Waals surface area contributed by atoms with Gasteiger partial charge in [0.05, 0.1) is 6.04 Å². The number of hydrogen-bond donors (Lipinski definition) is 0. The topological polar surface area (TPSA) is 63.0 Å². The molecule has 1 saturated heterocycles. The van der Waals surface area contributed by atoms with Crippen molar-refractivity contribution < 1.29 is 13.9 Å². The molecule has 0 saturated carbocycles. The molecule has 2 aliphatic rings. The quantitative estimate of drug-likeness (QED) is 0.506. The van der Waals surface area contributed by atoms with Gasteiger partial charge in [-0.15, -0.1) is 0 Å². The Bertz CT molecular complexity index is 1210. The highest BCUT2D eigenvalue weighted by atomic mass is 16.5. The molecule has 0 spiro atoms. The monoisotopic (exact) mass is 460 g/mol. The summed E-state index contributed by atoms with van der Waals surface area (Å²) in [6.07, 6.45) is 6.22. The molecular formula is C28H32N2O4. The standard InChI is InChI=1S/C28H32N2O4/c1-20(29-15-7-2-3-8-16-29)27(31)30-17-9-12-23-24-18-22(33-19-21-10-5-4-6-11-21)13-14-25(24)34-28(32)26(23)30/h4-6,10-11,13-14,18,20H,2-3,7-9,12,15-17,19H2,1H3/t20-/m0/s1. The van der Waals surface area contributed by atoms with E-state index < -0.39 is 5.63 Å². The zero-order valence-corrected chi connectivity index (χ0v) is 19.8. The number of ether oxygens (including phenoxy) is 1. The van der Waals surface area contributed by atoms with E-state index in [9.17, 15) is 9.59 Å². The summed E-state index contributed by atoms with van der Waals surface area (Å²) in [5, 5.41) is 0.847. The number of aryl methyl sites for hydroxylation is 1. The summed E-state index contributed by atoms with van der Waals surface area (Å²) in [4.78, 5) is 30.5. The zero-order chi connectivity index (χ0) is 23.5. The van der Waals surface area contributed by atoms with Crippen molar-refractivity contribution in [3.8, 4) is 5.75 Å². The van der Waals surface area contributed by atoms with Gasteiger partial charge >= 0.3 is 5.63 Å². The summed E-state index contributed by atoms with van der Waals surface area (Å²) < 4.78 is 11.7. The predicted octanol–water partition coefficient (Wildman–Crippen LogP) is 4.92. The van der Waals surface area contributed by atoms with Crippen molar-refractivity contribution in [2.24, 2.45) is 0 Å². The van der Waals surface area contributed by atoms with Crippen LogP contribution in [0.2, 0.25) is 0 Å². The normalized spacial score (nSPS) is 17.7. The summed E-state index contributed by atoms with van der Waals surface area (Å²) in [5.41, 5.74) is 2.48. The third-order valence-corrected chi connectivity index (χ3v) is 7.10. The molecule has 5 rings (SSSR count). The maximum atomic E-state index is 13.6. The molecule has 1 amide bonds. The molecular weight excluding hydrogens is 428 g/mol. The summed E-state index contributed by atoms with van der Waals surface area (Å²) in [6.45, 7) is 4.85. The Balaban J connectivity index is 1.45. The van der Waals surface area contributed by atoms with E-state index in [2.05, 4.69) is 4.90 Å². The Kier molecular flexibility index (Phi) is 6.68. The van der Waals surface area contributed by atoms with Crippen LogP contribution in [0.15, 0.2) is 57.7 Å². The highest BCUT2D eigenvalue weighted by molar-refractivity contribution is 6.00. The average molecular weight is 461 g/mol. The van der Waals surface area contributed by atoms with Gasteiger partial charge in [0.2, 0.25) is 5.91 Å². The molecule has 34 heavy (non-hydrogen) atoms. The number of carbonyl (C=O) groups excluding carboxylic acids is 1. The number of anilines is 1. The molecule has 1 atom stereocenters. The van der Waals surface area contributed by atoms with E-state index in [1.807, 2.05) is 49.4 Å². The van der Waals surface area contributed by atoms with Gasteiger partial charge in [0, 0.05) is 11.9 Å². The second-order valence-electron chi connectivity index (χ2n) is 9.37. The van der Waals surface area contributed by atoms with Crippen LogP contribution in [0.3, 0.4) is 0 Å². The van der Waals surface area contributed by atoms with Crippen LogP contribution < -0.4 is 15.3 Å². The van der Waals surface area contributed by atoms with Crippen molar-refractivity contribution in [1.29, 1.82) is 0 Å². The van der Waals surface area contributed by atoms with E-state index in [0.717, 1.165) is 55.3 Å². The van der Waals surface area contributed by atoms with Crippen molar-refractivity contribution in [1.82, 2.24) is 4.90 Å². The minimum Gasteiger partial charge on any atom is -0.489 e. The van der Waals surface area contributed by atoms with Crippen molar-refractivity contribution in [2.45, 2.75) is 58.1 Å². The van der Waals surface area contributed by atoms with Crippen LogP contribution in [0.4, 0.5) is 5.69 Å². The molecule has 0 N–H and O–H groups in total. The highest BCUT2D eigenvalue weighted by Gasteiger charge is 2.33. The van der Waals surface area contributed by atoms with E-state index in [1.54, 1.807) is 11.0 Å². The Morgan fingerprint density at radius 3 is 2.53 bits per heavy atom. The number of carbonyl (C=O) groups is 1. The lowest BCUT2D eigenvalue weighted by atomic mass is 9.98. The molecule has 0 aliphatic carbocycles. The van der Waals surface area contributed by atoms with Crippen LogP contribution in [0, 0.1) is 0 Å². The lowest BCUT2D eigenvalue weighted by molar-refractivity contribution is -0.123. The van der Waals surface area contributed by atoms with Gasteiger partial charge in [0.25, 0.3) is 0 Å². The van der Waals surface area contributed by atoms with Crippen LogP contribution in [0.25, 0.3) is 11.0 Å². The first kappa shape index (κ1) is 22.7. The number of amides is 1. The fraction of sp³-hybridized carbons (Fsp3) is 0.429. The van der Waals surface area contributed by atoms with Gasteiger partial charge in [0.15, 0.2) is 0 Å². The molecule has 0 radical (unpaired) electrons. The summed E-state index contributed by atoms with van der Waals surface area (Å²) in [6, 6.07) is 15.3. The maximum absolute atomic E-state index is 13.6.